The van der Waals surface area contributed by atoms with Crippen LogP contribution in [0.5, 0.6) is 23.0 Å². The summed E-state index contributed by atoms with van der Waals surface area (Å²) in [5.74, 6) is -2.30. The van der Waals surface area contributed by atoms with Crippen molar-refractivity contribution in [2.75, 3.05) is 0 Å². The van der Waals surface area contributed by atoms with Crippen LogP contribution in [0.25, 0.3) is 0 Å². The number of phosphoric ester groups is 1. The van der Waals surface area contributed by atoms with Gasteiger partial charge in [-0.1, -0.05) is 19.1 Å². The largest absolute Gasteiger partial charge is 0.524 e. The van der Waals surface area contributed by atoms with E-state index in [-0.39, 0.29) is 11.3 Å². The molecule has 0 amide bonds. The molecule has 2 rings (SSSR count). The van der Waals surface area contributed by atoms with Gasteiger partial charge in [0.1, 0.15) is 23.0 Å². The van der Waals surface area contributed by atoms with Gasteiger partial charge in [-0.2, -0.15) is 0 Å². The van der Waals surface area contributed by atoms with E-state index in [1.54, 1.807) is 19.1 Å². The molecule has 0 spiro atoms. The molecule has 0 aliphatic rings. The Morgan fingerprint density at radius 2 is 1.71 bits per heavy atom. The fraction of sp³-hybridized carbons (Fsp3) is 0.200. The molecule has 0 radical (unpaired) electrons. The van der Waals surface area contributed by atoms with Gasteiger partial charge in [0.05, 0.1) is 11.7 Å². The Balaban J connectivity index is 2.48. The Labute approximate surface area is 137 Å². The highest BCUT2D eigenvalue weighted by molar-refractivity contribution is 7.46. The van der Waals surface area contributed by atoms with Crippen LogP contribution in [0.15, 0.2) is 36.4 Å². The Hall–Kier alpha value is -2.25. The van der Waals surface area contributed by atoms with E-state index in [1.807, 2.05) is 0 Å². The predicted octanol–water partition coefficient (Wildman–Crippen LogP) is 2.11. The smallest absolute Gasteiger partial charge is 0.508 e. The van der Waals surface area contributed by atoms with Gasteiger partial charge in [0.2, 0.25) is 0 Å². The second kappa shape index (κ2) is 6.70. The minimum absolute atomic E-state index is 0.0202. The molecule has 2 aromatic carbocycles. The average molecular weight is 356 g/mol. The molecule has 2 unspecified atom stereocenters. The first-order valence-electron chi connectivity index (χ1n) is 6.86. The fourth-order valence-electron chi connectivity index (χ4n) is 2.34. The molecule has 0 aliphatic heterocycles. The SMILES string of the molecule is CC(c1cccc(O)c1)C(O)c1c(O)cc(O)cc1OP(=O)(O)O. The van der Waals surface area contributed by atoms with Gasteiger partial charge in [0.15, 0.2) is 0 Å². The molecule has 0 bridgehead atoms. The van der Waals surface area contributed by atoms with Crippen LogP contribution >= 0.6 is 7.82 Å². The summed E-state index contributed by atoms with van der Waals surface area (Å²) in [7, 11) is -4.98. The molecular weight excluding hydrogens is 339 g/mol. The maximum absolute atomic E-state index is 11.1. The maximum atomic E-state index is 11.1. The van der Waals surface area contributed by atoms with Crippen LogP contribution in [0.2, 0.25) is 0 Å². The summed E-state index contributed by atoms with van der Waals surface area (Å²) in [5.41, 5.74) is 0.240. The summed E-state index contributed by atoms with van der Waals surface area (Å²) in [5, 5.41) is 39.5. The zero-order chi connectivity index (χ0) is 18.1. The van der Waals surface area contributed by atoms with Crippen LogP contribution in [0.4, 0.5) is 0 Å². The van der Waals surface area contributed by atoms with Crippen LogP contribution in [-0.4, -0.2) is 30.2 Å². The highest BCUT2D eigenvalue weighted by Gasteiger charge is 2.29. The number of aliphatic hydroxyl groups excluding tert-OH is 1. The van der Waals surface area contributed by atoms with Crippen LogP contribution in [0.1, 0.15) is 30.1 Å². The van der Waals surface area contributed by atoms with Crippen molar-refractivity contribution >= 4 is 7.82 Å². The van der Waals surface area contributed by atoms with Gasteiger partial charge in [-0.3, -0.25) is 9.79 Å². The lowest BCUT2D eigenvalue weighted by Crippen LogP contribution is -2.10. The molecule has 0 saturated heterocycles. The number of aromatic hydroxyl groups is 3. The number of aliphatic hydroxyl groups is 1. The topological polar surface area (TPSA) is 148 Å². The van der Waals surface area contributed by atoms with E-state index in [1.165, 1.54) is 12.1 Å². The highest BCUT2D eigenvalue weighted by atomic mass is 31.2. The molecule has 0 aliphatic carbocycles. The van der Waals surface area contributed by atoms with Gasteiger partial charge in [-0.15, -0.1) is 0 Å². The quantitative estimate of drug-likeness (QED) is 0.446. The molecule has 2 aromatic rings. The van der Waals surface area contributed by atoms with Gasteiger partial charge in [0, 0.05) is 18.1 Å². The second-order valence-electron chi connectivity index (χ2n) is 5.29. The van der Waals surface area contributed by atoms with Crippen LogP contribution in [-0.2, 0) is 4.57 Å². The molecule has 8 nitrogen and oxygen atoms in total. The van der Waals surface area contributed by atoms with Crippen LogP contribution < -0.4 is 4.52 Å². The van der Waals surface area contributed by atoms with E-state index < -0.39 is 37.1 Å². The lowest BCUT2D eigenvalue weighted by molar-refractivity contribution is 0.144. The van der Waals surface area contributed by atoms with Gasteiger partial charge < -0.3 is 24.9 Å². The molecule has 0 saturated carbocycles. The minimum atomic E-state index is -4.98. The lowest BCUT2D eigenvalue weighted by Gasteiger charge is -2.23. The first-order chi connectivity index (χ1) is 11.1. The van der Waals surface area contributed by atoms with Gasteiger partial charge in [-0.05, 0) is 17.7 Å². The number of benzene rings is 2. The molecule has 0 heterocycles. The molecular formula is C15H17O8P. The third kappa shape index (κ3) is 4.18. The van der Waals surface area contributed by atoms with Crippen molar-refractivity contribution in [3.63, 3.8) is 0 Å². The van der Waals surface area contributed by atoms with Crippen molar-refractivity contribution in [3.05, 3.63) is 47.5 Å². The summed E-state index contributed by atoms with van der Waals surface area (Å²) >= 11 is 0. The van der Waals surface area contributed by atoms with Crippen molar-refractivity contribution in [1.82, 2.24) is 0 Å². The molecule has 0 fully saturated rings. The average Bonchev–Trinajstić information content (AvgIpc) is 2.43. The summed E-state index contributed by atoms with van der Waals surface area (Å²) < 4.78 is 15.5. The number of phenolic OH excluding ortho intramolecular Hbond substituents is 3. The zero-order valence-electron chi connectivity index (χ0n) is 12.6. The van der Waals surface area contributed by atoms with Crippen LogP contribution in [0.3, 0.4) is 0 Å². The number of phosphoric acid groups is 1. The van der Waals surface area contributed by atoms with Crippen molar-refractivity contribution in [2.45, 2.75) is 18.9 Å². The van der Waals surface area contributed by atoms with Gasteiger partial charge in [0.25, 0.3) is 0 Å². The number of hydrogen-bond donors (Lipinski definition) is 6. The molecule has 6 N–H and O–H groups in total. The first-order valence-corrected chi connectivity index (χ1v) is 8.39. The van der Waals surface area contributed by atoms with E-state index in [2.05, 4.69) is 4.52 Å². The number of phenols is 3. The van der Waals surface area contributed by atoms with Crippen molar-refractivity contribution in [2.24, 2.45) is 0 Å². The van der Waals surface area contributed by atoms with Crippen molar-refractivity contribution < 1.29 is 39.3 Å². The van der Waals surface area contributed by atoms with E-state index in [0.717, 1.165) is 12.1 Å². The summed E-state index contributed by atoms with van der Waals surface area (Å²) in [6.07, 6.45) is -1.42. The summed E-state index contributed by atoms with van der Waals surface area (Å²) in [6.45, 7) is 1.59. The Kier molecular flexibility index (Phi) is 5.05. The highest BCUT2D eigenvalue weighted by Crippen LogP contribution is 2.48. The van der Waals surface area contributed by atoms with Crippen molar-refractivity contribution in [1.29, 1.82) is 0 Å². The van der Waals surface area contributed by atoms with E-state index in [9.17, 15) is 25.0 Å². The third-order valence-electron chi connectivity index (χ3n) is 3.49. The Bertz CT molecular complexity index is 785. The maximum Gasteiger partial charge on any atom is 0.524 e. The van der Waals surface area contributed by atoms with Crippen LogP contribution in [0, 0.1) is 0 Å². The normalized spacial score (nSPS) is 14.2. The second-order valence-corrected chi connectivity index (χ2v) is 6.45. The first kappa shape index (κ1) is 18.1. The molecule has 130 valence electrons. The molecule has 24 heavy (non-hydrogen) atoms. The third-order valence-corrected chi connectivity index (χ3v) is 3.92. The predicted molar refractivity (Wildman–Crippen MR) is 83.9 cm³/mol. The molecule has 9 heteroatoms. The minimum Gasteiger partial charge on any atom is -0.508 e. The number of hydrogen-bond acceptors (Lipinski definition) is 6. The van der Waals surface area contributed by atoms with E-state index >= 15 is 0 Å². The lowest BCUT2D eigenvalue weighted by atomic mass is 9.89. The fourth-order valence-corrected chi connectivity index (χ4v) is 2.75. The monoisotopic (exact) mass is 356 g/mol. The molecule has 2 atom stereocenters. The Morgan fingerprint density at radius 3 is 2.29 bits per heavy atom. The van der Waals surface area contributed by atoms with E-state index in [0.29, 0.717) is 5.56 Å². The van der Waals surface area contributed by atoms with E-state index in [4.69, 9.17) is 9.79 Å². The zero-order valence-corrected chi connectivity index (χ0v) is 13.5. The molecule has 0 aromatic heterocycles. The van der Waals surface area contributed by atoms with Crippen molar-refractivity contribution in [3.8, 4) is 23.0 Å². The summed E-state index contributed by atoms with van der Waals surface area (Å²) in [6, 6.07) is 7.86. The standard InChI is InChI=1S/C15H17O8P/c1-8(9-3-2-4-10(16)5-9)15(19)14-12(18)6-11(17)7-13(14)23-24(20,21)22/h2-8,15-19H,1H3,(H2,20,21,22). The Morgan fingerprint density at radius 1 is 1.04 bits per heavy atom. The van der Waals surface area contributed by atoms with Gasteiger partial charge >= 0.3 is 7.82 Å². The number of rotatable bonds is 5. The summed E-state index contributed by atoms with van der Waals surface area (Å²) in [4.78, 5) is 17.9. The van der Waals surface area contributed by atoms with Gasteiger partial charge in [-0.25, -0.2) is 4.57 Å².